The Morgan fingerprint density at radius 3 is 2.52 bits per heavy atom. The highest BCUT2D eigenvalue weighted by molar-refractivity contribution is 5.78. The van der Waals surface area contributed by atoms with E-state index in [2.05, 4.69) is 11.4 Å². The maximum atomic E-state index is 12.9. The van der Waals surface area contributed by atoms with Crippen LogP contribution >= 0.6 is 0 Å². The molecule has 4 atom stereocenters. The largest absolute Gasteiger partial charge is 0.481 e. The minimum absolute atomic E-state index is 0.172. The zero-order valence-corrected chi connectivity index (χ0v) is 12.3. The topological polar surface area (TPSA) is 93.4 Å². The fraction of sp³-hybridized carbons (Fsp3) is 0.786. The van der Waals surface area contributed by atoms with E-state index in [4.69, 9.17) is 10.4 Å². The number of urea groups is 1. The lowest BCUT2D eigenvalue weighted by Crippen LogP contribution is -2.43. The van der Waals surface area contributed by atoms with Gasteiger partial charge in [0.2, 0.25) is 0 Å². The number of carboxylic acid groups (broad SMARTS) is 1. The predicted molar refractivity (Wildman–Crippen MR) is 72.1 cm³/mol. The lowest BCUT2D eigenvalue weighted by Gasteiger charge is -2.21. The summed E-state index contributed by atoms with van der Waals surface area (Å²) in [7, 11) is 0. The molecule has 128 valence electrons. The first kappa shape index (κ1) is 17.4. The third kappa shape index (κ3) is 4.06. The van der Waals surface area contributed by atoms with E-state index in [-0.39, 0.29) is 12.0 Å². The van der Waals surface area contributed by atoms with Crippen molar-refractivity contribution in [2.45, 2.75) is 37.9 Å². The number of nitriles is 1. The lowest BCUT2D eigenvalue weighted by atomic mass is 9.96. The van der Waals surface area contributed by atoms with Gasteiger partial charge in [-0.05, 0) is 25.2 Å². The van der Waals surface area contributed by atoms with Crippen LogP contribution in [0.1, 0.15) is 25.7 Å². The molecule has 0 aromatic rings. The van der Waals surface area contributed by atoms with Crippen molar-refractivity contribution in [1.29, 1.82) is 5.26 Å². The second-order valence-corrected chi connectivity index (χ2v) is 6.19. The van der Waals surface area contributed by atoms with Crippen LogP contribution in [0.25, 0.3) is 0 Å². The van der Waals surface area contributed by atoms with Crippen molar-refractivity contribution >= 4 is 12.0 Å². The van der Waals surface area contributed by atoms with Crippen LogP contribution in [-0.2, 0) is 4.79 Å². The van der Waals surface area contributed by atoms with Gasteiger partial charge in [0.05, 0.1) is 17.9 Å². The molecule has 1 saturated carbocycles. The second-order valence-electron chi connectivity index (χ2n) is 6.19. The van der Waals surface area contributed by atoms with Crippen LogP contribution in [0.2, 0.25) is 0 Å². The van der Waals surface area contributed by atoms with Gasteiger partial charge >= 0.3 is 18.2 Å². The van der Waals surface area contributed by atoms with Crippen molar-refractivity contribution in [3.8, 4) is 6.07 Å². The number of hydrogen-bond donors (Lipinski definition) is 2. The van der Waals surface area contributed by atoms with Gasteiger partial charge in [0.1, 0.15) is 0 Å². The molecule has 0 aromatic carbocycles. The number of carbonyl (C=O) groups excluding carboxylic acids is 1. The Hall–Kier alpha value is -1.98. The highest BCUT2D eigenvalue weighted by Gasteiger charge is 2.53. The smallest absolute Gasteiger partial charge is 0.394 e. The maximum Gasteiger partial charge on any atom is 0.394 e. The quantitative estimate of drug-likeness (QED) is 0.826. The number of nitrogens with zero attached hydrogens (tertiary/aromatic N) is 2. The molecule has 1 saturated heterocycles. The van der Waals surface area contributed by atoms with Crippen LogP contribution in [0.15, 0.2) is 0 Å². The van der Waals surface area contributed by atoms with E-state index in [1.165, 1.54) is 0 Å². The first-order valence-corrected chi connectivity index (χ1v) is 7.44. The number of aliphatic carboxylic acids is 1. The van der Waals surface area contributed by atoms with Gasteiger partial charge in [-0.1, -0.05) is 0 Å². The maximum absolute atomic E-state index is 12.9. The Labute approximate surface area is 131 Å². The molecule has 23 heavy (non-hydrogen) atoms. The number of likely N-dealkylation sites (tertiary alicyclic amines) is 1. The van der Waals surface area contributed by atoms with E-state index < -0.39 is 43.1 Å². The standard InChI is InChI=1S/C14H18F3N3O3/c15-14(16,17)11-7-20(6-10(11)12(21)22)13(23)19-9-2-1-8(5-9)3-4-18/h8-11H,1-3,5-7H2,(H,19,23)(H,21,22)/t8-,9-,10+,11+/m0/s1. The molecular weight excluding hydrogens is 315 g/mol. The van der Waals surface area contributed by atoms with Gasteiger partial charge in [-0.2, -0.15) is 18.4 Å². The molecule has 2 amide bonds. The summed E-state index contributed by atoms with van der Waals surface area (Å²) in [6.45, 7) is -1.08. The van der Waals surface area contributed by atoms with E-state index in [9.17, 15) is 22.8 Å². The number of amides is 2. The summed E-state index contributed by atoms with van der Waals surface area (Å²) in [5, 5.41) is 20.2. The van der Waals surface area contributed by atoms with Gasteiger partial charge in [-0.15, -0.1) is 0 Å². The minimum atomic E-state index is -4.65. The number of alkyl halides is 3. The van der Waals surface area contributed by atoms with Crippen molar-refractivity contribution in [1.82, 2.24) is 10.2 Å². The van der Waals surface area contributed by atoms with Crippen molar-refractivity contribution in [2.24, 2.45) is 17.8 Å². The van der Waals surface area contributed by atoms with E-state index in [0.29, 0.717) is 19.3 Å². The summed E-state index contributed by atoms with van der Waals surface area (Å²) in [5.41, 5.74) is 0. The highest BCUT2D eigenvalue weighted by atomic mass is 19.4. The van der Waals surface area contributed by atoms with E-state index >= 15 is 0 Å². The second kappa shape index (κ2) is 6.64. The Morgan fingerprint density at radius 2 is 2.00 bits per heavy atom. The van der Waals surface area contributed by atoms with Crippen LogP contribution in [0.4, 0.5) is 18.0 Å². The summed E-state index contributed by atoms with van der Waals surface area (Å²) < 4.78 is 38.7. The molecule has 2 aliphatic rings. The summed E-state index contributed by atoms with van der Waals surface area (Å²) in [5.74, 6) is -5.02. The summed E-state index contributed by atoms with van der Waals surface area (Å²) >= 11 is 0. The number of carboxylic acids is 1. The molecule has 0 aromatic heterocycles. The first-order chi connectivity index (χ1) is 10.7. The molecule has 2 fully saturated rings. The van der Waals surface area contributed by atoms with Crippen molar-refractivity contribution < 1.29 is 27.9 Å². The third-order valence-electron chi connectivity index (χ3n) is 4.59. The molecule has 0 spiro atoms. The molecule has 1 aliphatic carbocycles. The molecule has 0 unspecified atom stereocenters. The third-order valence-corrected chi connectivity index (χ3v) is 4.59. The molecule has 2 N–H and O–H groups in total. The van der Waals surface area contributed by atoms with Crippen LogP contribution in [0.3, 0.4) is 0 Å². The molecule has 2 rings (SSSR count). The highest BCUT2D eigenvalue weighted by Crippen LogP contribution is 2.38. The average molecular weight is 333 g/mol. The minimum Gasteiger partial charge on any atom is -0.481 e. The van der Waals surface area contributed by atoms with Crippen molar-refractivity contribution in [2.75, 3.05) is 13.1 Å². The summed E-state index contributed by atoms with van der Waals surface area (Å²) in [6, 6.07) is 1.23. The predicted octanol–water partition coefficient (Wildman–Crippen LogP) is 1.97. The number of rotatable bonds is 3. The number of halogens is 3. The molecule has 0 radical (unpaired) electrons. The summed E-state index contributed by atoms with van der Waals surface area (Å²) in [6.07, 6.45) is -2.16. The SMILES string of the molecule is N#CC[C@@H]1CC[C@H](NC(=O)N2C[C@@H](C(F)(F)F)[C@H](C(=O)O)C2)C1. The first-order valence-electron chi connectivity index (χ1n) is 7.44. The van der Waals surface area contributed by atoms with Gasteiger partial charge in [0, 0.05) is 25.6 Å². The van der Waals surface area contributed by atoms with Crippen LogP contribution in [0.5, 0.6) is 0 Å². The van der Waals surface area contributed by atoms with Crippen molar-refractivity contribution in [3.63, 3.8) is 0 Å². The Kier molecular flexibility index (Phi) is 5.02. The monoisotopic (exact) mass is 333 g/mol. The van der Waals surface area contributed by atoms with Gasteiger partial charge in [-0.25, -0.2) is 4.79 Å². The van der Waals surface area contributed by atoms with Gasteiger partial charge in [0.15, 0.2) is 0 Å². The van der Waals surface area contributed by atoms with Crippen LogP contribution < -0.4 is 5.32 Å². The molecule has 6 nitrogen and oxygen atoms in total. The summed E-state index contributed by atoms with van der Waals surface area (Å²) in [4.78, 5) is 24.0. The van der Waals surface area contributed by atoms with Gasteiger partial charge < -0.3 is 15.3 Å². The zero-order chi connectivity index (χ0) is 17.2. The Bertz CT molecular complexity index is 518. The van der Waals surface area contributed by atoms with Crippen LogP contribution in [0, 0.1) is 29.1 Å². The number of hydrogen-bond acceptors (Lipinski definition) is 3. The van der Waals surface area contributed by atoms with Crippen LogP contribution in [-0.4, -0.2) is 47.3 Å². The van der Waals surface area contributed by atoms with Crippen molar-refractivity contribution in [3.05, 3.63) is 0 Å². The molecule has 1 aliphatic heterocycles. The van der Waals surface area contributed by atoms with E-state index in [0.717, 1.165) is 11.3 Å². The lowest BCUT2D eigenvalue weighted by molar-refractivity contribution is -0.187. The Balaban J connectivity index is 1.93. The fourth-order valence-electron chi connectivity index (χ4n) is 3.34. The molecule has 1 heterocycles. The van der Waals surface area contributed by atoms with Gasteiger partial charge in [-0.3, -0.25) is 4.79 Å². The normalized spacial score (nSPS) is 31.0. The van der Waals surface area contributed by atoms with E-state index in [1.54, 1.807) is 0 Å². The Morgan fingerprint density at radius 1 is 1.30 bits per heavy atom. The number of carbonyl (C=O) groups is 2. The van der Waals surface area contributed by atoms with E-state index in [1.807, 2.05) is 0 Å². The average Bonchev–Trinajstić information content (AvgIpc) is 3.05. The number of nitrogens with one attached hydrogen (secondary N) is 1. The molecular formula is C14H18F3N3O3. The van der Waals surface area contributed by atoms with Gasteiger partial charge in [0.25, 0.3) is 0 Å². The zero-order valence-electron chi connectivity index (χ0n) is 12.3. The molecule has 9 heteroatoms. The molecule has 0 bridgehead atoms. The fourth-order valence-corrected chi connectivity index (χ4v) is 3.34.